The summed E-state index contributed by atoms with van der Waals surface area (Å²) in [5.41, 5.74) is 2.22. The van der Waals surface area contributed by atoms with Crippen LogP contribution in [0.5, 0.6) is 0 Å². The topological polar surface area (TPSA) is 35.5 Å². The van der Waals surface area contributed by atoms with E-state index in [1.807, 2.05) is 18.2 Å². The van der Waals surface area contributed by atoms with E-state index in [0.29, 0.717) is 24.7 Å². The maximum absolute atomic E-state index is 11.8. The zero-order chi connectivity index (χ0) is 14.7. The third-order valence-electron chi connectivity index (χ3n) is 4.60. The standard InChI is InChI=1S/C18H22O3/c1-13(17-11-15-7-8-16(15)12-17)20-9-10-21-18(19)14-5-3-2-4-6-14/h2-6,11,13,16-17H,7-10,12H2,1H3. The Balaban J connectivity index is 1.36. The van der Waals surface area contributed by atoms with Crippen LogP contribution < -0.4 is 0 Å². The van der Waals surface area contributed by atoms with E-state index < -0.39 is 0 Å². The van der Waals surface area contributed by atoms with Gasteiger partial charge in [0.15, 0.2) is 0 Å². The molecule has 0 aromatic heterocycles. The number of hydrogen-bond acceptors (Lipinski definition) is 3. The highest BCUT2D eigenvalue weighted by atomic mass is 16.6. The lowest BCUT2D eigenvalue weighted by atomic mass is 9.81. The van der Waals surface area contributed by atoms with Crippen LogP contribution in [0.25, 0.3) is 0 Å². The summed E-state index contributed by atoms with van der Waals surface area (Å²) < 4.78 is 11.0. The molecule has 0 heterocycles. The number of rotatable bonds is 6. The molecule has 0 spiro atoms. The average Bonchev–Trinajstić information content (AvgIpc) is 2.79. The molecule has 3 heteroatoms. The lowest BCUT2D eigenvalue weighted by Gasteiger charge is -2.25. The summed E-state index contributed by atoms with van der Waals surface area (Å²) in [5, 5.41) is 0. The molecular weight excluding hydrogens is 264 g/mol. The van der Waals surface area contributed by atoms with Gasteiger partial charge in [0, 0.05) is 5.92 Å². The zero-order valence-corrected chi connectivity index (χ0v) is 12.5. The van der Waals surface area contributed by atoms with Gasteiger partial charge in [-0.3, -0.25) is 0 Å². The first-order valence-corrected chi connectivity index (χ1v) is 7.78. The minimum absolute atomic E-state index is 0.207. The van der Waals surface area contributed by atoms with Crippen molar-refractivity contribution in [1.82, 2.24) is 0 Å². The van der Waals surface area contributed by atoms with Crippen LogP contribution in [-0.4, -0.2) is 25.3 Å². The van der Waals surface area contributed by atoms with Gasteiger partial charge in [-0.15, -0.1) is 0 Å². The third kappa shape index (κ3) is 3.35. The summed E-state index contributed by atoms with van der Waals surface area (Å²) in [6, 6.07) is 9.05. The van der Waals surface area contributed by atoms with Crippen LogP contribution in [0.3, 0.4) is 0 Å². The molecule has 1 aromatic rings. The molecular formula is C18H22O3. The number of ether oxygens (including phenoxy) is 2. The van der Waals surface area contributed by atoms with Crippen LogP contribution in [0.1, 0.15) is 36.5 Å². The number of allylic oxidation sites excluding steroid dienone is 1. The van der Waals surface area contributed by atoms with E-state index in [1.165, 1.54) is 19.3 Å². The van der Waals surface area contributed by atoms with Crippen molar-refractivity contribution in [3.8, 4) is 0 Å². The second-order valence-corrected chi connectivity index (χ2v) is 5.95. The quantitative estimate of drug-likeness (QED) is 0.455. The van der Waals surface area contributed by atoms with Crippen molar-refractivity contribution in [1.29, 1.82) is 0 Å². The van der Waals surface area contributed by atoms with Crippen LogP contribution in [0.15, 0.2) is 42.0 Å². The largest absolute Gasteiger partial charge is 0.460 e. The molecule has 2 aliphatic carbocycles. The third-order valence-corrected chi connectivity index (χ3v) is 4.60. The summed E-state index contributed by atoms with van der Waals surface area (Å²) in [7, 11) is 0. The van der Waals surface area contributed by atoms with E-state index in [9.17, 15) is 4.79 Å². The monoisotopic (exact) mass is 286 g/mol. The molecule has 112 valence electrons. The number of carbonyl (C=O) groups is 1. The Kier molecular flexibility index (Phi) is 4.39. The Morgan fingerprint density at radius 1 is 1.29 bits per heavy atom. The van der Waals surface area contributed by atoms with Crippen molar-refractivity contribution in [2.75, 3.05) is 13.2 Å². The summed E-state index contributed by atoms with van der Waals surface area (Å²) in [4.78, 5) is 11.8. The van der Waals surface area contributed by atoms with Gasteiger partial charge in [0.1, 0.15) is 6.61 Å². The number of esters is 1. The maximum Gasteiger partial charge on any atom is 0.338 e. The lowest BCUT2D eigenvalue weighted by molar-refractivity contribution is -0.00103. The highest BCUT2D eigenvalue weighted by Crippen LogP contribution is 2.45. The van der Waals surface area contributed by atoms with Gasteiger partial charge in [-0.1, -0.05) is 29.8 Å². The van der Waals surface area contributed by atoms with Gasteiger partial charge >= 0.3 is 5.97 Å². The number of benzene rings is 1. The molecule has 0 radical (unpaired) electrons. The van der Waals surface area contributed by atoms with Gasteiger partial charge in [0.05, 0.1) is 18.3 Å². The summed E-state index contributed by atoms with van der Waals surface area (Å²) in [5.74, 6) is 1.09. The van der Waals surface area contributed by atoms with Crippen LogP contribution in [0, 0.1) is 11.8 Å². The van der Waals surface area contributed by atoms with E-state index in [0.717, 1.165) is 5.92 Å². The molecule has 3 unspecified atom stereocenters. The first kappa shape index (κ1) is 14.3. The first-order valence-electron chi connectivity index (χ1n) is 7.78. The van der Waals surface area contributed by atoms with E-state index in [2.05, 4.69) is 13.0 Å². The Bertz CT molecular complexity index is 521. The van der Waals surface area contributed by atoms with Gasteiger partial charge in [-0.05, 0) is 44.2 Å². The molecule has 3 rings (SSSR count). The Labute approximate surface area is 125 Å². The summed E-state index contributed by atoms with van der Waals surface area (Å²) in [6.07, 6.45) is 6.47. The average molecular weight is 286 g/mol. The predicted molar refractivity (Wildman–Crippen MR) is 81.1 cm³/mol. The van der Waals surface area contributed by atoms with Gasteiger partial charge < -0.3 is 9.47 Å². The zero-order valence-electron chi connectivity index (χ0n) is 12.5. The molecule has 0 aliphatic heterocycles. The Hall–Kier alpha value is -1.61. The molecule has 21 heavy (non-hydrogen) atoms. The lowest BCUT2D eigenvalue weighted by Crippen LogP contribution is -2.22. The van der Waals surface area contributed by atoms with Gasteiger partial charge in [-0.2, -0.15) is 0 Å². The SMILES string of the molecule is CC(OCCOC(=O)c1ccccc1)C1C=C2CCC2C1. The first-order chi connectivity index (χ1) is 10.2. The van der Waals surface area contributed by atoms with Crippen molar-refractivity contribution < 1.29 is 14.3 Å². The van der Waals surface area contributed by atoms with Crippen molar-refractivity contribution in [2.45, 2.75) is 32.3 Å². The molecule has 0 N–H and O–H groups in total. The van der Waals surface area contributed by atoms with Crippen LogP contribution in [0.4, 0.5) is 0 Å². The minimum atomic E-state index is -0.284. The van der Waals surface area contributed by atoms with E-state index in [4.69, 9.17) is 9.47 Å². The second kappa shape index (κ2) is 6.44. The van der Waals surface area contributed by atoms with Crippen molar-refractivity contribution in [3.63, 3.8) is 0 Å². The van der Waals surface area contributed by atoms with Crippen molar-refractivity contribution in [3.05, 3.63) is 47.5 Å². The summed E-state index contributed by atoms with van der Waals surface area (Å²) in [6.45, 7) is 2.89. The number of fused-ring (bicyclic) bond motifs is 1. The highest BCUT2D eigenvalue weighted by molar-refractivity contribution is 5.89. The summed E-state index contributed by atoms with van der Waals surface area (Å²) >= 11 is 0. The van der Waals surface area contributed by atoms with Crippen LogP contribution in [0.2, 0.25) is 0 Å². The molecule has 0 bridgehead atoms. The van der Waals surface area contributed by atoms with E-state index in [-0.39, 0.29) is 12.1 Å². The van der Waals surface area contributed by atoms with E-state index >= 15 is 0 Å². The molecule has 1 saturated carbocycles. The highest BCUT2D eigenvalue weighted by Gasteiger charge is 2.34. The predicted octanol–water partition coefficient (Wildman–Crippen LogP) is 3.60. The molecule has 2 aliphatic rings. The normalized spacial score (nSPS) is 24.7. The Morgan fingerprint density at radius 2 is 2.10 bits per heavy atom. The van der Waals surface area contributed by atoms with Crippen molar-refractivity contribution in [2.24, 2.45) is 11.8 Å². The minimum Gasteiger partial charge on any atom is -0.460 e. The molecule has 0 amide bonds. The van der Waals surface area contributed by atoms with Crippen LogP contribution >= 0.6 is 0 Å². The molecule has 3 nitrogen and oxygen atoms in total. The fraction of sp³-hybridized carbons (Fsp3) is 0.500. The van der Waals surface area contributed by atoms with Gasteiger partial charge in [-0.25, -0.2) is 4.79 Å². The second-order valence-electron chi connectivity index (χ2n) is 5.95. The molecule has 0 saturated heterocycles. The number of carbonyl (C=O) groups excluding carboxylic acids is 1. The van der Waals surface area contributed by atoms with Gasteiger partial charge in [0.2, 0.25) is 0 Å². The van der Waals surface area contributed by atoms with Crippen molar-refractivity contribution >= 4 is 5.97 Å². The maximum atomic E-state index is 11.8. The number of hydrogen-bond donors (Lipinski definition) is 0. The van der Waals surface area contributed by atoms with Crippen LogP contribution in [-0.2, 0) is 9.47 Å². The fourth-order valence-corrected chi connectivity index (χ4v) is 3.15. The Morgan fingerprint density at radius 3 is 2.71 bits per heavy atom. The molecule has 3 atom stereocenters. The molecule has 1 fully saturated rings. The smallest absolute Gasteiger partial charge is 0.338 e. The fourth-order valence-electron chi connectivity index (χ4n) is 3.15. The van der Waals surface area contributed by atoms with E-state index in [1.54, 1.807) is 17.7 Å². The molecule has 1 aromatic carbocycles. The van der Waals surface area contributed by atoms with Gasteiger partial charge in [0.25, 0.3) is 0 Å².